The zero-order valence-corrected chi connectivity index (χ0v) is 22.2. The second-order valence-electron chi connectivity index (χ2n) is 9.50. The second kappa shape index (κ2) is 11.0. The lowest BCUT2D eigenvalue weighted by Crippen LogP contribution is -2.37. The normalized spacial score (nSPS) is 13.1. The van der Waals surface area contributed by atoms with E-state index in [0.717, 1.165) is 16.6 Å². The van der Waals surface area contributed by atoms with Crippen LogP contribution in [0.1, 0.15) is 32.7 Å². The Bertz CT molecular complexity index is 1610. The van der Waals surface area contributed by atoms with Crippen LogP contribution in [0.25, 0.3) is 11.0 Å². The number of hydrogen-bond acceptors (Lipinski definition) is 6. The third-order valence-corrected chi connectivity index (χ3v) is 6.97. The molecule has 0 unspecified atom stereocenters. The summed E-state index contributed by atoms with van der Waals surface area (Å²) in [6, 6.07) is 12.6. The van der Waals surface area contributed by atoms with Gasteiger partial charge in [-0.1, -0.05) is 12.1 Å². The summed E-state index contributed by atoms with van der Waals surface area (Å²) in [6.45, 7) is 0.950. The number of aromatic carboxylic acids is 1. The number of fused-ring (bicyclic) bond motifs is 3. The Morgan fingerprint density at radius 2 is 1.76 bits per heavy atom. The maximum Gasteiger partial charge on any atom is 0.573 e. The van der Waals surface area contributed by atoms with Gasteiger partial charge in [-0.2, -0.15) is 0 Å². The molecule has 12 heteroatoms. The van der Waals surface area contributed by atoms with E-state index >= 15 is 0 Å². The molecule has 41 heavy (non-hydrogen) atoms. The monoisotopic (exact) mass is 569 g/mol. The van der Waals surface area contributed by atoms with Gasteiger partial charge in [0.1, 0.15) is 28.5 Å². The van der Waals surface area contributed by atoms with Gasteiger partial charge >= 0.3 is 12.3 Å². The van der Waals surface area contributed by atoms with E-state index in [4.69, 9.17) is 9.47 Å². The average Bonchev–Trinajstić information content (AvgIpc) is 3.24. The van der Waals surface area contributed by atoms with Crippen LogP contribution in [0.3, 0.4) is 0 Å². The number of ether oxygens (including phenoxy) is 3. The highest BCUT2D eigenvalue weighted by Gasteiger charge is 2.31. The molecule has 214 valence electrons. The maximum absolute atomic E-state index is 13.4. The highest BCUT2D eigenvalue weighted by molar-refractivity contribution is 5.94. The van der Waals surface area contributed by atoms with Crippen molar-refractivity contribution in [1.29, 1.82) is 0 Å². The first-order valence-electron chi connectivity index (χ1n) is 12.6. The van der Waals surface area contributed by atoms with Crippen LogP contribution >= 0.6 is 0 Å². The Labute approximate surface area is 232 Å². The topological polar surface area (TPSA) is 103 Å². The van der Waals surface area contributed by atoms with Gasteiger partial charge in [0.05, 0.1) is 27.2 Å². The molecule has 9 nitrogen and oxygen atoms in total. The molecule has 0 saturated carbocycles. The molecule has 0 aliphatic carbocycles. The summed E-state index contributed by atoms with van der Waals surface area (Å²) in [4.78, 5) is 31.3. The molecule has 0 saturated heterocycles. The summed E-state index contributed by atoms with van der Waals surface area (Å²) in [6.07, 6.45) is -2.60. The minimum Gasteiger partial charge on any atom is -0.496 e. The van der Waals surface area contributed by atoms with Crippen molar-refractivity contribution < 1.29 is 42.1 Å². The molecule has 1 amide bonds. The zero-order chi connectivity index (χ0) is 29.3. The van der Waals surface area contributed by atoms with Crippen molar-refractivity contribution in [3.8, 4) is 17.2 Å². The summed E-state index contributed by atoms with van der Waals surface area (Å²) in [7, 11) is 2.69. The summed E-state index contributed by atoms with van der Waals surface area (Å²) < 4.78 is 54.8. The van der Waals surface area contributed by atoms with Crippen LogP contribution in [-0.2, 0) is 30.7 Å². The first-order valence-corrected chi connectivity index (χ1v) is 12.6. The van der Waals surface area contributed by atoms with E-state index in [-0.39, 0.29) is 48.2 Å². The summed E-state index contributed by atoms with van der Waals surface area (Å²) in [5, 5.41) is 10.5. The predicted octanol–water partition coefficient (Wildman–Crippen LogP) is 4.83. The van der Waals surface area contributed by atoms with E-state index in [1.54, 1.807) is 17.2 Å². The maximum atomic E-state index is 13.4. The minimum atomic E-state index is -4.80. The van der Waals surface area contributed by atoms with Crippen molar-refractivity contribution >= 4 is 22.9 Å². The molecular formula is C29H26F3N3O6. The molecule has 0 spiro atoms. The van der Waals surface area contributed by atoms with Gasteiger partial charge < -0.3 is 28.8 Å². The molecule has 1 aliphatic rings. The van der Waals surface area contributed by atoms with Crippen LogP contribution in [0.4, 0.5) is 13.2 Å². The fraction of sp³-hybridized carbons (Fsp3) is 0.276. The zero-order valence-electron chi connectivity index (χ0n) is 22.2. The Kier molecular flexibility index (Phi) is 7.48. The number of alkyl halides is 3. The lowest BCUT2D eigenvalue weighted by atomic mass is 10.0. The van der Waals surface area contributed by atoms with E-state index in [9.17, 15) is 27.9 Å². The number of carboxylic acid groups (broad SMARTS) is 1. The molecule has 1 aliphatic heterocycles. The number of pyridine rings is 1. The van der Waals surface area contributed by atoms with Gasteiger partial charge in [-0.15, -0.1) is 13.2 Å². The third kappa shape index (κ3) is 5.76. The number of aromatic nitrogens is 2. The van der Waals surface area contributed by atoms with Gasteiger partial charge in [0.25, 0.3) is 0 Å². The standard InChI is InChI=1S/C29H26F3N3O6/c1-39-23-12-18(13-24(40-2)26(23)28(37)38)14-25(36)34-10-8-20-21-7-4-9-33-27(21)35(22(20)16-34)15-17-5-3-6-19(11-17)41-29(30,31)32/h3-7,9,11-13H,8,10,14-16H2,1-2H3,(H,37,38). The second-order valence-corrected chi connectivity index (χ2v) is 9.50. The SMILES string of the molecule is COc1cc(CC(=O)N2CCc3c(n(Cc4cccc(OC(F)(F)F)c4)c4ncccc34)C2)cc(OC)c1C(=O)O. The molecule has 0 atom stereocenters. The fourth-order valence-corrected chi connectivity index (χ4v) is 5.23. The molecule has 0 bridgehead atoms. The number of benzene rings is 2. The van der Waals surface area contributed by atoms with Crippen LogP contribution in [0.2, 0.25) is 0 Å². The van der Waals surface area contributed by atoms with Gasteiger partial charge in [-0.25, -0.2) is 9.78 Å². The Hall–Kier alpha value is -4.74. The average molecular weight is 570 g/mol. The third-order valence-electron chi connectivity index (χ3n) is 6.97. The number of carbonyl (C=O) groups is 2. The van der Waals surface area contributed by atoms with Gasteiger partial charge in [-0.3, -0.25) is 4.79 Å². The number of amides is 1. The molecule has 2 aromatic carbocycles. The van der Waals surface area contributed by atoms with E-state index in [0.29, 0.717) is 29.7 Å². The number of methoxy groups -OCH3 is 2. The van der Waals surface area contributed by atoms with Gasteiger partial charge in [0.15, 0.2) is 0 Å². The summed E-state index contributed by atoms with van der Waals surface area (Å²) in [5.41, 5.74) is 3.54. The van der Waals surface area contributed by atoms with E-state index < -0.39 is 12.3 Å². The first-order chi connectivity index (χ1) is 19.6. The number of carboxylic acids is 1. The number of rotatable bonds is 8. The number of hydrogen-bond donors (Lipinski definition) is 1. The van der Waals surface area contributed by atoms with Crippen LogP contribution in [-0.4, -0.2) is 58.6 Å². The molecule has 5 rings (SSSR count). The van der Waals surface area contributed by atoms with Crippen LogP contribution in [0, 0.1) is 0 Å². The van der Waals surface area contributed by atoms with Gasteiger partial charge in [-0.05, 0) is 59.5 Å². The highest BCUT2D eigenvalue weighted by atomic mass is 19.4. The molecule has 2 aromatic heterocycles. The number of carbonyl (C=O) groups excluding carboxylic acids is 1. The van der Waals surface area contributed by atoms with Crippen molar-refractivity contribution in [2.24, 2.45) is 0 Å². The Morgan fingerprint density at radius 1 is 1.02 bits per heavy atom. The van der Waals surface area contributed by atoms with Crippen LogP contribution in [0.5, 0.6) is 17.2 Å². The molecule has 4 aromatic rings. The minimum absolute atomic E-state index is 0.0166. The van der Waals surface area contributed by atoms with Crippen molar-refractivity contribution in [3.05, 3.63) is 82.7 Å². The van der Waals surface area contributed by atoms with Gasteiger partial charge in [0.2, 0.25) is 5.91 Å². The molecule has 3 heterocycles. The van der Waals surface area contributed by atoms with E-state index in [1.807, 2.05) is 16.7 Å². The molecule has 0 radical (unpaired) electrons. The molecular weight excluding hydrogens is 543 g/mol. The predicted molar refractivity (Wildman–Crippen MR) is 141 cm³/mol. The van der Waals surface area contributed by atoms with E-state index in [1.165, 1.54) is 44.6 Å². The largest absolute Gasteiger partial charge is 0.573 e. The van der Waals surface area contributed by atoms with Crippen molar-refractivity contribution in [3.63, 3.8) is 0 Å². The Morgan fingerprint density at radius 3 is 2.41 bits per heavy atom. The lowest BCUT2D eigenvalue weighted by Gasteiger charge is -2.29. The lowest BCUT2D eigenvalue weighted by molar-refractivity contribution is -0.274. The quantitative estimate of drug-likeness (QED) is 0.324. The highest BCUT2D eigenvalue weighted by Crippen LogP contribution is 2.33. The van der Waals surface area contributed by atoms with E-state index in [2.05, 4.69) is 9.72 Å². The van der Waals surface area contributed by atoms with Crippen LogP contribution in [0.15, 0.2) is 54.7 Å². The number of nitrogens with zero attached hydrogens (tertiary/aromatic N) is 3. The Balaban J connectivity index is 1.43. The summed E-state index contributed by atoms with van der Waals surface area (Å²) >= 11 is 0. The van der Waals surface area contributed by atoms with Crippen LogP contribution < -0.4 is 14.2 Å². The first kappa shape index (κ1) is 27.8. The fourth-order valence-electron chi connectivity index (χ4n) is 5.23. The van der Waals surface area contributed by atoms with Crippen molar-refractivity contribution in [2.45, 2.75) is 32.3 Å². The molecule has 0 fully saturated rings. The summed E-state index contributed by atoms with van der Waals surface area (Å²) in [5.74, 6) is -1.54. The van der Waals surface area contributed by atoms with Gasteiger partial charge in [0, 0.05) is 30.4 Å². The van der Waals surface area contributed by atoms with Crippen molar-refractivity contribution in [1.82, 2.24) is 14.5 Å². The molecule has 1 N–H and O–H groups in total. The smallest absolute Gasteiger partial charge is 0.496 e. The van der Waals surface area contributed by atoms with Crippen molar-refractivity contribution in [2.75, 3.05) is 20.8 Å². The number of halogens is 3.